The molecule has 0 aromatic heterocycles. The quantitative estimate of drug-likeness (QED) is 0.146. The molecule has 1 atom stereocenters. The molecular weight excluding hydrogens is 569 g/mol. The maximum Gasteiger partial charge on any atom is 0.155 e. The van der Waals surface area contributed by atoms with Gasteiger partial charge in [-0.1, -0.05) is 141 Å². The van der Waals surface area contributed by atoms with Gasteiger partial charge >= 0.3 is 0 Å². The molecule has 0 N–H and O–H groups in total. The van der Waals surface area contributed by atoms with Gasteiger partial charge in [-0.05, 0) is 103 Å². The Morgan fingerprint density at radius 1 is 0.681 bits per heavy atom. The van der Waals surface area contributed by atoms with Crippen LogP contribution in [0.25, 0.3) is 16.3 Å². The van der Waals surface area contributed by atoms with Gasteiger partial charge in [-0.3, -0.25) is 4.99 Å². The van der Waals surface area contributed by atoms with E-state index in [1.807, 2.05) is 0 Å². The molecule has 47 heavy (non-hydrogen) atoms. The number of rotatable bonds is 7. The zero-order chi connectivity index (χ0) is 32.1. The summed E-state index contributed by atoms with van der Waals surface area (Å²) >= 11 is 0. The molecule has 0 saturated heterocycles. The van der Waals surface area contributed by atoms with E-state index < -0.39 is 0 Å². The number of hydrogen-bond acceptors (Lipinski definition) is 1. The summed E-state index contributed by atoms with van der Waals surface area (Å²) in [6, 6.07) is 34.0. The molecule has 0 aliphatic heterocycles. The largest absolute Gasteiger partial charge is 0.258 e. The first-order valence-corrected chi connectivity index (χ1v) is 17.7. The SMILES string of the molecule is CC(=NC(=NC(C)c1ccc(C2(c3ccc(C4=CCCC=C4)cc3)CCCCC2)cc1)C1=CCCC=C1)c1ccc2ccccc2c1. The Labute approximate surface area is 281 Å². The Balaban J connectivity index is 1.17. The van der Waals surface area contributed by atoms with Crippen molar-refractivity contribution in [3.63, 3.8) is 0 Å². The predicted molar refractivity (Wildman–Crippen MR) is 202 cm³/mol. The van der Waals surface area contributed by atoms with Gasteiger partial charge in [0.2, 0.25) is 0 Å². The van der Waals surface area contributed by atoms with E-state index in [1.54, 1.807) is 0 Å². The smallest absolute Gasteiger partial charge is 0.155 e. The fourth-order valence-electron chi connectivity index (χ4n) is 7.63. The lowest BCUT2D eigenvalue weighted by Crippen LogP contribution is -2.30. The third kappa shape index (κ3) is 6.79. The van der Waals surface area contributed by atoms with Gasteiger partial charge in [0.1, 0.15) is 0 Å². The summed E-state index contributed by atoms with van der Waals surface area (Å²) in [4.78, 5) is 10.4. The Bertz CT molecular complexity index is 1910. The van der Waals surface area contributed by atoms with Gasteiger partial charge in [0.25, 0.3) is 0 Å². The number of amidine groups is 1. The first-order valence-electron chi connectivity index (χ1n) is 17.7. The molecule has 3 aliphatic carbocycles. The van der Waals surface area contributed by atoms with Crippen LogP contribution in [-0.4, -0.2) is 11.5 Å². The summed E-state index contributed by atoms with van der Waals surface area (Å²) in [5.41, 5.74) is 10.1. The van der Waals surface area contributed by atoms with Crippen LogP contribution in [0.3, 0.4) is 0 Å². The second kappa shape index (κ2) is 14.1. The Kier molecular flexibility index (Phi) is 9.29. The number of hydrogen-bond donors (Lipinski definition) is 0. The molecular formula is C45H46N2. The number of aliphatic imine (C=N–C) groups is 2. The second-order valence-corrected chi connectivity index (χ2v) is 13.5. The van der Waals surface area contributed by atoms with E-state index in [0.29, 0.717) is 0 Å². The van der Waals surface area contributed by atoms with Crippen LogP contribution in [-0.2, 0) is 5.41 Å². The second-order valence-electron chi connectivity index (χ2n) is 13.5. The van der Waals surface area contributed by atoms with E-state index in [0.717, 1.165) is 48.4 Å². The molecule has 1 fully saturated rings. The number of benzene rings is 4. The van der Waals surface area contributed by atoms with Gasteiger partial charge in [-0.2, -0.15) is 0 Å². The minimum Gasteiger partial charge on any atom is -0.258 e. The van der Waals surface area contributed by atoms with Crippen LogP contribution in [0.15, 0.2) is 143 Å². The van der Waals surface area contributed by atoms with Crippen molar-refractivity contribution in [1.82, 2.24) is 0 Å². The summed E-state index contributed by atoms with van der Waals surface area (Å²) in [6.07, 6.45) is 24.3. The summed E-state index contributed by atoms with van der Waals surface area (Å²) in [5.74, 6) is 0.815. The summed E-state index contributed by atoms with van der Waals surface area (Å²) in [5, 5.41) is 2.48. The zero-order valence-corrected chi connectivity index (χ0v) is 28.0. The highest BCUT2D eigenvalue weighted by Crippen LogP contribution is 2.45. The fraction of sp³-hybridized carbons (Fsp3) is 0.289. The third-order valence-electron chi connectivity index (χ3n) is 10.4. The molecule has 4 aromatic rings. The average molecular weight is 615 g/mol. The first kappa shape index (κ1) is 31.1. The molecule has 0 heterocycles. The molecule has 4 aromatic carbocycles. The zero-order valence-electron chi connectivity index (χ0n) is 28.0. The minimum atomic E-state index is -0.0122. The van der Waals surface area contributed by atoms with Crippen molar-refractivity contribution in [1.29, 1.82) is 0 Å². The monoisotopic (exact) mass is 614 g/mol. The molecule has 0 amide bonds. The van der Waals surface area contributed by atoms with Gasteiger partial charge in [0, 0.05) is 16.7 Å². The van der Waals surface area contributed by atoms with Gasteiger partial charge < -0.3 is 0 Å². The fourth-order valence-corrected chi connectivity index (χ4v) is 7.63. The summed E-state index contributed by atoms with van der Waals surface area (Å²) in [7, 11) is 0. The normalized spacial score (nSPS) is 18.9. The maximum atomic E-state index is 5.27. The van der Waals surface area contributed by atoms with Gasteiger partial charge in [-0.25, -0.2) is 4.99 Å². The standard InChI is InChI=1S/C45H46N2/c1-33(46-44(39-17-8-4-9-18-39)47-34(2)40-21-20-37-16-10-11-19-41(37)32-40)35-22-26-42(27-23-35)45(30-12-5-13-31-45)43-28-24-38(25-29-43)36-14-6-3-7-15-36/h6,8,10-11,14-29,32-33H,3-5,7,9,12-13,30-31H2,1-2H3. The van der Waals surface area contributed by atoms with Crippen LogP contribution in [0.4, 0.5) is 0 Å². The van der Waals surface area contributed by atoms with E-state index in [1.165, 1.54) is 70.7 Å². The van der Waals surface area contributed by atoms with Crippen LogP contribution >= 0.6 is 0 Å². The van der Waals surface area contributed by atoms with E-state index in [9.17, 15) is 0 Å². The molecule has 0 radical (unpaired) electrons. The predicted octanol–water partition coefficient (Wildman–Crippen LogP) is 12.1. The molecule has 0 bridgehead atoms. The molecule has 3 aliphatic rings. The number of fused-ring (bicyclic) bond motifs is 1. The summed E-state index contributed by atoms with van der Waals surface area (Å²) in [6.45, 7) is 4.30. The molecule has 7 rings (SSSR count). The lowest BCUT2D eigenvalue weighted by molar-refractivity contribution is 0.346. The van der Waals surface area contributed by atoms with Gasteiger partial charge in [-0.15, -0.1) is 0 Å². The van der Waals surface area contributed by atoms with Gasteiger partial charge in [0.15, 0.2) is 5.84 Å². The van der Waals surface area contributed by atoms with Crippen molar-refractivity contribution >= 4 is 27.9 Å². The lowest BCUT2D eigenvalue weighted by atomic mass is 9.65. The topological polar surface area (TPSA) is 24.7 Å². The van der Waals surface area contributed by atoms with Gasteiger partial charge in [0.05, 0.1) is 6.04 Å². The van der Waals surface area contributed by atoms with E-state index in [2.05, 4.69) is 141 Å². The van der Waals surface area contributed by atoms with Crippen molar-refractivity contribution < 1.29 is 0 Å². The van der Waals surface area contributed by atoms with Crippen molar-refractivity contribution in [2.45, 2.75) is 83.1 Å². The van der Waals surface area contributed by atoms with Crippen LogP contribution in [0.1, 0.15) is 105 Å². The number of allylic oxidation sites excluding steroid dienone is 6. The van der Waals surface area contributed by atoms with E-state index >= 15 is 0 Å². The van der Waals surface area contributed by atoms with Crippen molar-refractivity contribution in [3.8, 4) is 0 Å². The maximum absolute atomic E-state index is 5.27. The summed E-state index contributed by atoms with van der Waals surface area (Å²) < 4.78 is 0. The Hall–Kier alpha value is -4.56. The van der Waals surface area contributed by atoms with Crippen LogP contribution in [0.5, 0.6) is 0 Å². The first-order chi connectivity index (χ1) is 23.1. The number of nitrogens with zero attached hydrogens (tertiary/aromatic N) is 2. The van der Waals surface area contributed by atoms with Crippen molar-refractivity contribution in [2.24, 2.45) is 9.98 Å². The van der Waals surface area contributed by atoms with Crippen LogP contribution in [0, 0.1) is 0 Å². The van der Waals surface area contributed by atoms with E-state index in [4.69, 9.17) is 9.98 Å². The molecule has 2 nitrogen and oxygen atoms in total. The average Bonchev–Trinajstić information content (AvgIpc) is 3.15. The highest BCUT2D eigenvalue weighted by atomic mass is 14.9. The highest BCUT2D eigenvalue weighted by Gasteiger charge is 2.35. The highest BCUT2D eigenvalue weighted by molar-refractivity contribution is 6.13. The molecule has 236 valence electrons. The molecule has 2 heteroatoms. The van der Waals surface area contributed by atoms with Crippen LogP contribution in [0.2, 0.25) is 0 Å². The minimum absolute atomic E-state index is 0.0122. The van der Waals surface area contributed by atoms with E-state index in [-0.39, 0.29) is 11.5 Å². The lowest BCUT2D eigenvalue weighted by Gasteiger charge is -2.39. The van der Waals surface area contributed by atoms with Crippen LogP contribution < -0.4 is 0 Å². The Morgan fingerprint density at radius 3 is 2.04 bits per heavy atom. The van der Waals surface area contributed by atoms with Crippen molar-refractivity contribution in [2.75, 3.05) is 0 Å². The van der Waals surface area contributed by atoms with Crippen molar-refractivity contribution in [3.05, 3.63) is 161 Å². The molecule has 1 unspecified atom stereocenters. The molecule has 1 saturated carbocycles. The third-order valence-corrected chi connectivity index (χ3v) is 10.4. The Morgan fingerprint density at radius 2 is 1.36 bits per heavy atom. The molecule has 0 spiro atoms.